The van der Waals surface area contributed by atoms with E-state index in [1.807, 2.05) is 0 Å². The summed E-state index contributed by atoms with van der Waals surface area (Å²) >= 11 is 0. The van der Waals surface area contributed by atoms with Crippen molar-refractivity contribution in [2.45, 2.75) is 26.8 Å². The van der Waals surface area contributed by atoms with Gasteiger partial charge in [0.2, 0.25) is 0 Å². The molecule has 0 aliphatic carbocycles. The SMILES string of the molecule is CCN(CCNC(C)C)CCOC. The van der Waals surface area contributed by atoms with Crippen molar-refractivity contribution in [3.05, 3.63) is 0 Å². The minimum Gasteiger partial charge on any atom is -0.383 e. The maximum Gasteiger partial charge on any atom is 0.0589 e. The summed E-state index contributed by atoms with van der Waals surface area (Å²) in [6.45, 7) is 11.7. The highest BCUT2D eigenvalue weighted by atomic mass is 16.5. The van der Waals surface area contributed by atoms with Crippen LogP contribution in [0.4, 0.5) is 0 Å². The molecule has 80 valence electrons. The summed E-state index contributed by atoms with van der Waals surface area (Å²) in [6.07, 6.45) is 0. The van der Waals surface area contributed by atoms with Crippen molar-refractivity contribution in [2.75, 3.05) is 39.9 Å². The van der Waals surface area contributed by atoms with Crippen molar-refractivity contribution in [3.8, 4) is 0 Å². The third kappa shape index (κ3) is 8.22. The van der Waals surface area contributed by atoms with Crippen molar-refractivity contribution in [1.29, 1.82) is 0 Å². The van der Waals surface area contributed by atoms with Gasteiger partial charge in [0.15, 0.2) is 0 Å². The van der Waals surface area contributed by atoms with Gasteiger partial charge in [-0.15, -0.1) is 0 Å². The number of nitrogens with one attached hydrogen (secondary N) is 1. The first-order valence-corrected chi connectivity index (χ1v) is 5.15. The molecule has 0 unspecified atom stereocenters. The van der Waals surface area contributed by atoms with Crippen molar-refractivity contribution >= 4 is 0 Å². The molecule has 0 bridgehead atoms. The van der Waals surface area contributed by atoms with Gasteiger partial charge in [0.05, 0.1) is 6.61 Å². The van der Waals surface area contributed by atoms with Crippen molar-refractivity contribution in [3.63, 3.8) is 0 Å². The van der Waals surface area contributed by atoms with E-state index in [1.165, 1.54) is 0 Å². The van der Waals surface area contributed by atoms with E-state index in [0.29, 0.717) is 6.04 Å². The molecule has 0 amide bonds. The van der Waals surface area contributed by atoms with Crippen LogP contribution in [0, 0.1) is 0 Å². The Bertz CT molecular complexity index is 107. The minimum atomic E-state index is 0.584. The van der Waals surface area contributed by atoms with Crippen molar-refractivity contribution in [2.24, 2.45) is 0 Å². The van der Waals surface area contributed by atoms with Crippen LogP contribution in [-0.4, -0.2) is 50.8 Å². The van der Waals surface area contributed by atoms with E-state index in [0.717, 1.165) is 32.8 Å². The average molecular weight is 188 g/mol. The number of likely N-dealkylation sites (N-methyl/N-ethyl adjacent to an activating group) is 1. The fourth-order valence-electron chi connectivity index (χ4n) is 1.16. The summed E-state index contributed by atoms with van der Waals surface area (Å²) in [5.41, 5.74) is 0. The molecule has 0 spiro atoms. The second-order valence-electron chi connectivity index (χ2n) is 3.54. The van der Waals surface area contributed by atoms with E-state index in [1.54, 1.807) is 7.11 Å². The summed E-state index contributed by atoms with van der Waals surface area (Å²) in [5.74, 6) is 0. The number of hydrogen-bond donors (Lipinski definition) is 1. The third-order valence-electron chi connectivity index (χ3n) is 2.04. The summed E-state index contributed by atoms with van der Waals surface area (Å²) in [4.78, 5) is 2.39. The monoisotopic (exact) mass is 188 g/mol. The van der Waals surface area contributed by atoms with Crippen LogP contribution >= 0.6 is 0 Å². The lowest BCUT2D eigenvalue weighted by molar-refractivity contribution is 0.151. The summed E-state index contributed by atoms with van der Waals surface area (Å²) in [6, 6.07) is 0.584. The number of rotatable bonds is 8. The molecule has 0 fully saturated rings. The molecule has 0 heterocycles. The van der Waals surface area contributed by atoms with Gasteiger partial charge in [0.1, 0.15) is 0 Å². The van der Waals surface area contributed by atoms with Crippen LogP contribution in [0.15, 0.2) is 0 Å². The van der Waals surface area contributed by atoms with Crippen LogP contribution < -0.4 is 5.32 Å². The lowest BCUT2D eigenvalue weighted by Gasteiger charge is -2.20. The minimum absolute atomic E-state index is 0.584. The van der Waals surface area contributed by atoms with E-state index < -0.39 is 0 Å². The van der Waals surface area contributed by atoms with Gasteiger partial charge in [-0.1, -0.05) is 20.8 Å². The van der Waals surface area contributed by atoms with Gasteiger partial charge in [0.25, 0.3) is 0 Å². The number of nitrogens with zero attached hydrogens (tertiary/aromatic N) is 1. The summed E-state index contributed by atoms with van der Waals surface area (Å²) < 4.78 is 5.04. The predicted molar refractivity (Wildman–Crippen MR) is 57.1 cm³/mol. The van der Waals surface area contributed by atoms with Crippen LogP contribution in [0.1, 0.15) is 20.8 Å². The normalized spacial score (nSPS) is 11.5. The van der Waals surface area contributed by atoms with E-state index in [2.05, 4.69) is 31.0 Å². The molecule has 3 nitrogen and oxygen atoms in total. The van der Waals surface area contributed by atoms with Crippen LogP contribution in [0.2, 0.25) is 0 Å². The first kappa shape index (κ1) is 12.9. The van der Waals surface area contributed by atoms with Crippen molar-refractivity contribution in [1.82, 2.24) is 10.2 Å². The molecule has 0 saturated heterocycles. The smallest absolute Gasteiger partial charge is 0.0589 e. The standard InChI is InChI=1S/C10H24N2O/c1-5-12(8-9-13-4)7-6-11-10(2)3/h10-11H,5-9H2,1-4H3. The zero-order valence-electron chi connectivity index (χ0n) is 9.47. The largest absolute Gasteiger partial charge is 0.383 e. The summed E-state index contributed by atoms with van der Waals surface area (Å²) in [7, 11) is 1.75. The molecule has 3 heteroatoms. The molecule has 13 heavy (non-hydrogen) atoms. The highest BCUT2D eigenvalue weighted by molar-refractivity contribution is 4.59. The first-order chi connectivity index (χ1) is 6.20. The molecule has 1 N–H and O–H groups in total. The molecule has 0 atom stereocenters. The van der Waals surface area contributed by atoms with Crippen LogP contribution in [-0.2, 0) is 4.74 Å². The van der Waals surface area contributed by atoms with Gasteiger partial charge >= 0.3 is 0 Å². The summed E-state index contributed by atoms with van der Waals surface area (Å²) in [5, 5.41) is 3.40. The zero-order chi connectivity index (χ0) is 10.1. The van der Waals surface area contributed by atoms with Gasteiger partial charge in [-0.2, -0.15) is 0 Å². The molecule has 0 radical (unpaired) electrons. The molecule has 0 aliphatic heterocycles. The first-order valence-electron chi connectivity index (χ1n) is 5.15. The third-order valence-corrected chi connectivity index (χ3v) is 2.04. The van der Waals surface area contributed by atoms with Crippen molar-refractivity contribution < 1.29 is 4.74 Å². The quantitative estimate of drug-likeness (QED) is 0.614. The van der Waals surface area contributed by atoms with E-state index in [-0.39, 0.29) is 0 Å². The van der Waals surface area contributed by atoms with Crippen LogP contribution in [0.25, 0.3) is 0 Å². The molecular formula is C10H24N2O. The Balaban J connectivity index is 3.36. The van der Waals surface area contributed by atoms with Gasteiger partial charge in [0, 0.05) is 32.8 Å². The lowest BCUT2D eigenvalue weighted by Crippen LogP contribution is -2.36. The molecule has 0 rings (SSSR count). The number of hydrogen-bond acceptors (Lipinski definition) is 3. The van der Waals surface area contributed by atoms with Gasteiger partial charge in [-0.3, -0.25) is 0 Å². The predicted octanol–water partition coefficient (Wildman–Crippen LogP) is 0.953. The Labute approximate surface area is 82.4 Å². The highest BCUT2D eigenvalue weighted by Crippen LogP contribution is 1.87. The topological polar surface area (TPSA) is 24.5 Å². The number of methoxy groups -OCH3 is 1. The Morgan fingerprint density at radius 1 is 1.31 bits per heavy atom. The van der Waals surface area contributed by atoms with Crippen LogP contribution in [0.3, 0.4) is 0 Å². The van der Waals surface area contributed by atoms with E-state index in [4.69, 9.17) is 4.74 Å². The molecule has 0 saturated carbocycles. The fraction of sp³-hybridized carbons (Fsp3) is 1.00. The van der Waals surface area contributed by atoms with Gasteiger partial charge in [-0.05, 0) is 6.54 Å². The molecule has 0 aromatic heterocycles. The van der Waals surface area contributed by atoms with E-state index >= 15 is 0 Å². The molecule has 0 aliphatic rings. The molecular weight excluding hydrogens is 164 g/mol. The zero-order valence-corrected chi connectivity index (χ0v) is 9.47. The fourth-order valence-corrected chi connectivity index (χ4v) is 1.16. The Hall–Kier alpha value is -0.120. The maximum atomic E-state index is 5.04. The van der Waals surface area contributed by atoms with Crippen LogP contribution in [0.5, 0.6) is 0 Å². The second kappa shape index (κ2) is 8.48. The Kier molecular flexibility index (Phi) is 8.40. The number of ether oxygens (including phenoxy) is 1. The molecule has 0 aromatic carbocycles. The molecule has 0 aromatic rings. The lowest BCUT2D eigenvalue weighted by atomic mass is 10.4. The maximum absolute atomic E-state index is 5.04. The van der Waals surface area contributed by atoms with Gasteiger partial charge in [-0.25, -0.2) is 0 Å². The average Bonchev–Trinajstić information content (AvgIpc) is 2.10. The second-order valence-corrected chi connectivity index (χ2v) is 3.54. The highest BCUT2D eigenvalue weighted by Gasteiger charge is 2.01. The Morgan fingerprint density at radius 2 is 2.00 bits per heavy atom. The van der Waals surface area contributed by atoms with Gasteiger partial charge < -0.3 is 15.0 Å². The Morgan fingerprint density at radius 3 is 2.46 bits per heavy atom. The van der Waals surface area contributed by atoms with E-state index in [9.17, 15) is 0 Å².